The van der Waals surface area contributed by atoms with Crippen molar-refractivity contribution >= 4 is 5.91 Å². The number of hydrogen-bond acceptors (Lipinski definition) is 2. The van der Waals surface area contributed by atoms with E-state index in [-0.39, 0.29) is 17.4 Å². The predicted molar refractivity (Wildman–Crippen MR) is 97.5 cm³/mol. The van der Waals surface area contributed by atoms with Crippen molar-refractivity contribution in [3.63, 3.8) is 0 Å². The van der Waals surface area contributed by atoms with Gasteiger partial charge in [-0.1, -0.05) is 33.3 Å². The quantitative estimate of drug-likeness (QED) is 0.835. The van der Waals surface area contributed by atoms with E-state index in [1.165, 1.54) is 36.0 Å². The van der Waals surface area contributed by atoms with Crippen molar-refractivity contribution in [2.45, 2.75) is 52.5 Å². The average Bonchev–Trinajstić information content (AvgIpc) is 3.11. The lowest BCUT2D eigenvalue weighted by molar-refractivity contribution is -0.119. The zero-order valence-electron chi connectivity index (χ0n) is 15.0. The summed E-state index contributed by atoms with van der Waals surface area (Å²) in [5.41, 5.74) is 6.22. The summed E-state index contributed by atoms with van der Waals surface area (Å²) in [5, 5.41) is 6.95. The van der Waals surface area contributed by atoms with Crippen LogP contribution in [0.1, 0.15) is 46.5 Å². The second-order valence-electron chi connectivity index (χ2n) is 8.68. The minimum absolute atomic E-state index is 0.0530. The van der Waals surface area contributed by atoms with Gasteiger partial charge < -0.3 is 10.6 Å². The number of fused-ring (bicyclic) bond motifs is 2. The Kier molecular flexibility index (Phi) is 3.80. The molecule has 0 aromatic heterocycles. The highest BCUT2D eigenvalue weighted by Crippen LogP contribution is 2.51. The summed E-state index contributed by atoms with van der Waals surface area (Å²) < 4.78 is 0. The van der Waals surface area contributed by atoms with Gasteiger partial charge in [0, 0.05) is 11.6 Å². The molecule has 1 saturated heterocycles. The Balaban J connectivity index is 1.54. The largest absolute Gasteiger partial charge is 0.348 e. The molecule has 2 unspecified atom stereocenters. The molecule has 2 N–H and O–H groups in total. The molecule has 128 valence electrons. The van der Waals surface area contributed by atoms with Crippen LogP contribution in [0.4, 0.5) is 0 Å². The number of nitrogens with one attached hydrogen (secondary N) is 2. The topological polar surface area (TPSA) is 41.1 Å². The molecular weight excluding hydrogens is 296 g/mol. The van der Waals surface area contributed by atoms with Crippen LogP contribution >= 0.6 is 0 Å². The van der Waals surface area contributed by atoms with Crippen LogP contribution in [-0.4, -0.2) is 25.0 Å². The van der Waals surface area contributed by atoms with E-state index in [0.717, 1.165) is 30.7 Å². The first kappa shape index (κ1) is 15.9. The van der Waals surface area contributed by atoms with Gasteiger partial charge in [-0.15, -0.1) is 0 Å². The van der Waals surface area contributed by atoms with Crippen molar-refractivity contribution < 1.29 is 4.79 Å². The molecule has 1 aliphatic heterocycles. The lowest BCUT2D eigenvalue weighted by Crippen LogP contribution is -2.51. The highest BCUT2D eigenvalue weighted by atomic mass is 16.1. The van der Waals surface area contributed by atoms with Crippen LogP contribution in [0.15, 0.2) is 46.1 Å². The molecule has 4 aliphatic rings. The number of hydrogen-bond donors (Lipinski definition) is 2. The third kappa shape index (κ3) is 2.79. The van der Waals surface area contributed by atoms with Gasteiger partial charge in [-0.05, 0) is 78.1 Å². The monoisotopic (exact) mass is 324 g/mol. The number of allylic oxidation sites excluding steroid dienone is 6. The second-order valence-corrected chi connectivity index (χ2v) is 8.68. The van der Waals surface area contributed by atoms with Gasteiger partial charge in [0.1, 0.15) is 0 Å². The molecule has 1 heterocycles. The molecule has 2 fully saturated rings. The van der Waals surface area contributed by atoms with Crippen LogP contribution in [0.25, 0.3) is 0 Å². The molecule has 2 atom stereocenters. The van der Waals surface area contributed by atoms with E-state index in [1.807, 2.05) is 6.08 Å². The van der Waals surface area contributed by atoms with Crippen molar-refractivity contribution in [2.75, 3.05) is 13.1 Å². The SMILES string of the molecule is CC(C)(C)C(NC(=O)C1=C2C=C3CC3=C2C=C1)C1CCCCNC1. The molecule has 1 amide bonds. The van der Waals surface area contributed by atoms with E-state index in [1.54, 1.807) is 0 Å². The molecule has 0 spiro atoms. The summed E-state index contributed by atoms with van der Waals surface area (Å²) in [4.78, 5) is 13.0. The third-order valence-corrected chi connectivity index (χ3v) is 5.79. The molecule has 0 radical (unpaired) electrons. The Bertz CT molecular complexity index is 692. The second kappa shape index (κ2) is 5.73. The van der Waals surface area contributed by atoms with Crippen molar-refractivity contribution in [1.29, 1.82) is 0 Å². The number of carbonyl (C=O) groups is 1. The molecule has 0 aromatic rings. The van der Waals surface area contributed by atoms with E-state index >= 15 is 0 Å². The lowest BCUT2D eigenvalue weighted by atomic mass is 9.77. The maximum Gasteiger partial charge on any atom is 0.252 e. The molecule has 3 nitrogen and oxygen atoms in total. The number of amides is 1. The maximum atomic E-state index is 13.0. The van der Waals surface area contributed by atoms with Crippen LogP contribution in [0.5, 0.6) is 0 Å². The van der Waals surface area contributed by atoms with Gasteiger partial charge in [0.25, 0.3) is 5.91 Å². The van der Waals surface area contributed by atoms with E-state index < -0.39 is 0 Å². The molecule has 1 saturated carbocycles. The first-order valence-electron chi connectivity index (χ1n) is 9.33. The highest BCUT2D eigenvalue weighted by Gasteiger charge is 2.38. The van der Waals surface area contributed by atoms with Gasteiger partial charge >= 0.3 is 0 Å². The molecule has 0 aromatic carbocycles. The van der Waals surface area contributed by atoms with Gasteiger partial charge in [-0.3, -0.25) is 4.79 Å². The zero-order chi connectivity index (χ0) is 16.9. The third-order valence-electron chi connectivity index (χ3n) is 5.79. The minimum atomic E-state index is 0.0530. The molecule has 3 aliphatic carbocycles. The standard InChI is InChI=1S/C21H28N2O/c1-21(2,3)19(13-6-4-5-9-22-12-13)23-20(24)16-8-7-15-17-10-14(17)11-18(15)16/h7-8,11,13,19,22H,4-6,9-10,12H2,1-3H3,(H,23,24). The van der Waals surface area contributed by atoms with Gasteiger partial charge in [-0.25, -0.2) is 0 Å². The van der Waals surface area contributed by atoms with Crippen molar-refractivity contribution in [2.24, 2.45) is 11.3 Å². The summed E-state index contributed by atoms with van der Waals surface area (Å²) in [7, 11) is 0. The molecule has 0 bridgehead atoms. The fourth-order valence-electron chi connectivity index (χ4n) is 4.43. The Hall–Kier alpha value is -1.61. The van der Waals surface area contributed by atoms with Crippen LogP contribution < -0.4 is 10.6 Å². The summed E-state index contributed by atoms with van der Waals surface area (Å²) in [6.07, 6.45) is 11.1. The Labute approximate surface area is 145 Å². The molecular formula is C21H28N2O. The molecule has 24 heavy (non-hydrogen) atoms. The first-order valence-corrected chi connectivity index (χ1v) is 9.33. The van der Waals surface area contributed by atoms with Crippen molar-refractivity contribution in [3.05, 3.63) is 46.1 Å². The maximum absolute atomic E-state index is 13.0. The summed E-state index contributed by atoms with van der Waals surface area (Å²) in [6.45, 7) is 8.83. The van der Waals surface area contributed by atoms with Gasteiger partial charge in [-0.2, -0.15) is 0 Å². The Morgan fingerprint density at radius 1 is 1.25 bits per heavy atom. The van der Waals surface area contributed by atoms with E-state index in [0.29, 0.717) is 5.92 Å². The van der Waals surface area contributed by atoms with E-state index in [4.69, 9.17) is 0 Å². The van der Waals surface area contributed by atoms with Gasteiger partial charge in [0.15, 0.2) is 0 Å². The zero-order valence-corrected chi connectivity index (χ0v) is 15.0. The van der Waals surface area contributed by atoms with Gasteiger partial charge in [0.2, 0.25) is 0 Å². The molecule has 4 rings (SSSR count). The predicted octanol–water partition coefficient (Wildman–Crippen LogP) is 3.41. The summed E-state index contributed by atoms with van der Waals surface area (Å²) in [6, 6.07) is 0.192. The van der Waals surface area contributed by atoms with Crippen LogP contribution in [0.2, 0.25) is 0 Å². The van der Waals surface area contributed by atoms with Crippen LogP contribution in [-0.2, 0) is 4.79 Å². The minimum Gasteiger partial charge on any atom is -0.348 e. The van der Waals surface area contributed by atoms with E-state index in [9.17, 15) is 4.79 Å². The summed E-state index contributed by atoms with van der Waals surface area (Å²) >= 11 is 0. The fourth-order valence-corrected chi connectivity index (χ4v) is 4.43. The summed E-state index contributed by atoms with van der Waals surface area (Å²) in [5.74, 6) is 0.597. The van der Waals surface area contributed by atoms with Crippen LogP contribution in [0.3, 0.4) is 0 Å². The smallest absolute Gasteiger partial charge is 0.252 e. The normalized spacial score (nSPS) is 26.8. The number of rotatable bonds is 3. The van der Waals surface area contributed by atoms with Crippen LogP contribution in [0, 0.1) is 11.3 Å². The lowest BCUT2D eigenvalue weighted by Gasteiger charge is -2.37. The molecule has 3 heteroatoms. The van der Waals surface area contributed by atoms with E-state index in [2.05, 4.69) is 43.6 Å². The van der Waals surface area contributed by atoms with Crippen molar-refractivity contribution in [3.8, 4) is 0 Å². The number of carbonyl (C=O) groups excluding carboxylic acids is 1. The fraction of sp³-hybridized carbons (Fsp3) is 0.571. The van der Waals surface area contributed by atoms with Crippen molar-refractivity contribution in [1.82, 2.24) is 10.6 Å². The van der Waals surface area contributed by atoms with Gasteiger partial charge in [0.05, 0.1) is 0 Å². The average molecular weight is 324 g/mol. The highest BCUT2D eigenvalue weighted by molar-refractivity contribution is 6.02. The Morgan fingerprint density at radius 3 is 2.88 bits per heavy atom. The first-order chi connectivity index (χ1) is 11.4. The Morgan fingerprint density at radius 2 is 2.08 bits per heavy atom.